The Hall–Kier alpha value is -4.69. The number of nitrogens with zero attached hydrogens (tertiary/aromatic N) is 2. The van der Waals surface area contributed by atoms with Crippen LogP contribution in [0, 0.1) is 6.92 Å². The molecule has 0 unspecified atom stereocenters. The first kappa shape index (κ1) is 23.7. The van der Waals surface area contributed by atoms with Gasteiger partial charge in [-0.15, -0.1) is 0 Å². The van der Waals surface area contributed by atoms with Gasteiger partial charge in [-0.05, 0) is 94.2 Å². The average molecular weight is 491 g/mol. The van der Waals surface area contributed by atoms with Gasteiger partial charge in [0.05, 0.1) is 11.4 Å². The number of hydrogen-bond donors (Lipinski definition) is 0. The second-order valence-corrected chi connectivity index (χ2v) is 9.68. The Kier molecular flexibility index (Phi) is 6.46. The van der Waals surface area contributed by atoms with Gasteiger partial charge in [-0.1, -0.05) is 97.1 Å². The summed E-state index contributed by atoms with van der Waals surface area (Å²) in [5.74, 6) is 0. The van der Waals surface area contributed by atoms with Crippen LogP contribution < -0.4 is 4.90 Å². The number of rotatable bonds is 6. The number of aryl methyl sites for hydroxylation is 1. The first-order valence-corrected chi connectivity index (χ1v) is 13.1. The molecule has 2 heteroatoms. The van der Waals surface area contributed by atoms with Crippen LogP contribution in [0.3, 0.4) is 0 Å². The fourth-order valence-corrected chi connectivity index (χ4v) is 5.55. The monoisotopic (exact) mass is 490 g/mol. The van der Waals surface area contributed by atoms with Crippen LogP contribution in [0.2, 0.25) is 0 Å². The molecule has 0 aliphatic heterocycles. The summed E-state index contributed by atoms with van der Waals surface area (Å²) < 4.78 is 0. The molecule has 1 aliphatic rings. The minimum atomic E-state index is 0.714. The van der Waals surface area contributed by atoms with Crippen LogP contribution in [0.25, 0.3) is 32.7 Å². The van der Waals surface area contributed by atoms with E-state index in [0.717, 1.165) is 23.5 Å². The first-order valence-electron chi connectivity index (χ1n) is 13.1. The second-order valence-electron chi connectivity index (χ2n) is 9.68. The largest absolute Gasteiger partial charge is 0.335 e. The molecule has 0 bridgehead atoms. The summed E-state index contributed by atoms with van der Waals surface area (Å²) in [5, 5.41) is 5.19. The molecular weight excluding hydrogens is 460 g/mol. The number of hydrogen-bond acceptors (Lipinski definition) is 2. The van der Waals surface area contributed by atoms with Crippen LogP contribution in [0.5, 0.6) is 0 Å². The number of allylic oxidation sites excluding steroid dienone is 5. The summed E-state index contributed by atoms with van der Waals surface area (Å²) >= 11 is 0. The summed E-state index contributed by atoms with van der Waals surface area (Å²) in [6.07, 6.45) is 11.8. The van der Waals surface area contributed by atoms with Gasteiger partial charge in [0.1, 0.15) is 0 Å². The van der Waals surface area contributed by atoms with E-state index in [1.54, 1.807) is 0 Å². The van der Waals surface area contributed by atoms with Crippen molar-refractivity contribution < 1.29 is 0 Å². The molecule has 184 valence electrons. The standard InChI is InChI=1S/C36H30N2/c1-26-30-18-7-9-20-32(30)36(33-21-10-8-19-31(26)33)28-15-13-14-27(24-28)25-38(29-16-5-3-4-6-17-29)35-23-12-11-22-34(35)37-2/h3,5-24H,2,4,25H2,1H3. The maximum Gasteiger partial charge on any atom is 0.0859 e. The van der Waals surface area contributed by atoms with E-state index in [2.05, 4.69) is 139 Å². The van der Waals surface area contributed by atoms with Crippen molar-refractivity contribution in [1.82, 2.24) is 0 Å². The van der Waals surface area contributed by atoms with Gasteiger partial charge < -0.3 is 4.90 Å². The zero-order valence-electron chi connectivity index (χ0n) is 21.6. The van der Waals surface area contributed by atoms with E-state index in [0.29, 0.717) is 6.54 Å². The van der Waals surface area contributed by atoms with E-state index in [1.807, 2.05) is 12.1 Å². The third-order valence-electron chi connectivity index (χ3n) is 7.38. The molecule has 0 atom stereocenters. The minimum absolute atomic E-state index is 0.714. The van der Waals surface area contributed by atoms with Crippen LogP contribution in [-0.4, -0.2) is 6.72 Å². The number of aliphatic imine (C=N–C) groups is 1. The highest BCUT2D eigenvalue weighted by atomic mass is 15.1. The predicted octanol–water partition coefficient (Wildman–Crippen LogP) is 9.71. The van der Waals surface area contributed by atoms with Crippen molar-refractivity contribution in [3.63, 3.8) is 0 Å². The van der Waals surface area contributed by atoms with Gasteiger partial charge in [-0.2, -0.15) is 0 Å². The second kappa shape index (κ2) is 10.4. The van der Waals surface area contributed by atoms with Crippen LogP contribution in [0.4, 0.5) is 11.4 Å². The van der Waals surface area contributed by atoms with Gasteiger partial charge in [0.15, 0.2) is 0 Å². The Morgan fingerprint density at radius 3 is 2.18 bits per heavy atom. The quantitative estimate of drug-likeness (QED) is 0.171. The lowest BCUT2D eigenvalue weighted by atomic mass is 9.88. The Morgan fingerprint density at radius 2 is 1.45 bits per heavy atom. The Labute approximate surface area is 224 Å². The van der Waals surface area contributed by atoms with Crippen molar-refractivity contribution in [2.45, 2.75) is 19.9 Å². The third-order valence-corrected chi connectivity index (χ3v) is 7.38. The Bertz CT molecular complexity index is 1700. The molecule has 0 saturated carbocycles. The summed E-state index contributed by atoms with van der Waals surface area (Å²) in [7, 11) is 0. The fourth-order valence-electron chi connectivity index (χ4n) is 5.55. The number of benzene rings is 5. The first-order chi connectivity index (χ1) is 18.7. The lowest BCUT2D eigenvalue weighted by Crippen LogP contribution is -2.21. The molecule has 0 fully saturated rings. The molecule has 0 heterocycles. The molecule has 0 spiro atoms. The molecule has 0 amide bonds. The zero-order valence-corrected chi connectivity index (χ0v) is 21.6. The summed E-state index contributed by atoms with van der Waals surface area (Å²) in [4.78, 5) is 6.67. The van der Waals surface area contributed by atoms with Crippen molar-refractivity contribution in [3.05, 3.63) is 144 Å². The lowest BCUT2D eigenvalue weighted by Gasteiger charge is -2.27. The van der Waals surface area contributed by atoms with Crippen molar-refractivity contribution >= 4 is 39.6 Å². The van der Waals surface area contributed by atoms with Crippen molar-refractivity contribution in [1.29, 1.82) is 0 Å². The highest BCUT2D eigenvalue weighted by Crippen LogP contribution is 2.40. The molecule has 6 rings (SSSR count). The van der Waals surface area contributed by atoms with Crippen molar-refractivity contribution in [2.24, 2.45) is 4.99 Å². The molecule has 0 radical (unpaired) electrons. The summed E-state index contributed by atoms with van der Waals surface area (Å²) in [6.45, 7) is 6.78. The minimum Gasteiger partial charge on any atom is -0.335 e. The molecule has 2 nitrogen and oxygen atoms in total. The molecule has 38 heavy (non-hydrogen) atoms. The van der Waals surface area contributed by atoms with Gasteiger partial charge in [-0.3, -0.25) is 4.99 Å². The van der Waals surface area contributed by atoms with Crippen molar-refractivity contribution in [2.75, 3.05) is 4.90 Å². The lowest BCUT2D eigenvalue weighted by molar-refractivity contribution is 0.934. The molecule has 0 saturated heterocycles. The summed E-state index contributed by atoms with van der Waals surface area (Å²) in [5.41, 5.74) is 8.14. The number of para-hydroxylation sites is 2. The van der Waals surface area contributed by atoms with E-state index in [-0.39, 0.29) is 0 Å². The van der Waals surface area contributed by atoms with Gasteiger partial charge in [-0.25, -0.2) is 0 Å². The van der Waals surface area contributed by atoms with E-state index in [4.69, 9.17) is 0 Å². The molecule has 5 aromatic carbocycles. The van der Waals surface area contributed by atoms with Crippen LogP contribution in [0.1, 0.15) is 17.5 Å². The van der Waals surface area contributed by atoms with Gasteiger partial charge in [0.2, 0.25) is 0 Å². The Balaban J connectivity index is 1.51. The van der Waals surface area contributed by atoms with Gasteiger partial charge in [0.25, 0.3) is 0 Å². The number of anilines is 1. The highest BCUT2D eigenvalue weighted by molar-refractivity contribution is 6.14. The third kappa shape index (κ3) is 4.35. The van der Waals surface area contributed by atoms with E-state index in [9.17, 15) is 0 Å². The average Bonchev–Trinajstić information content (AvgIpc) is 3.26. The molecule has 1 aliphatic carbocycles. The normalized spacial score (nSPS) is 12.9. The van der Waals surface area contributed by atoms with Crippen molar-refractivity contribution in [3.8, 4) is 11.1 Å². The summed E-state index contributed by atoms with van der Waals surface area (Å²) in [6, 6.07) is 34.7. The van der Waals surface area contributed by atoms with Crippen LogP contribution in [0.15, 0.2) is 138 Å². The number of fused-ring (bicyclic) bond motifs is 2. The Morgan fingerprint density at radius 1 is 0.763 bits per heavy atom. The molecule has 0 N–H and O–H groups in total. The maximum atomic E-state index is 4.33. The topological polar surface area (TPSA) is 15.6 Å². The molecule has 5 aromatic rings. The van der Waals surface area contributed by atoms with Crippen LogP contribution in [-0.2, 0) is 6.54 Å². The SMILES string of the molecule is C=Nc1ccccc1N(Cc1cccc(-c2c3ccccc3c(C)c3ccccc23)c1)C1=CC=CCC=C1. The van der Waals surface area contributed by atoms with Crippen LogP contribution >= 0.6 is 0 Å². The van der Waals surface area contributed by atoms with Gasteiger partial charge in [0, 0.05) is 12.2 Å². The highest BCUT2D eigenvalue weighted by Gasteiger charge is 2.17. The maximum absolute atomic E-state index is 4.33. The van der Waals surface area contributed by atoms with E-state index >= 15 is 0 Å². The zero-order chi connectivity index (χ0) is 25.9. The van der Waals surface area contributed by atoms with E-state index in [1.165, 1.54) is 43.8 Å². The molecular formula is C36H30N2. The molecule has 0 aromatic heterocycles. The smallest absolute Gasteiger partial charge is 0.0859 e. The van der Waals surface area contributed by atoms with Gasteiger partial charge >= 0.3 is 0 Å². The fraction of sp³-hybridized carbons (Fsp3) is 0.0833. The van der Waals surface area contributed by atoms with E-state index < -0.39 is 0 Å². The predicted molar refractivity (Wildman–Crippen MR) is 164 cm³/mol.